The Morgan fingerprint density at radius 1 is 0.610 bits per heavy atom. The molecule has 7 aromatic rings. The molecule has 41 heavy (non-hydrogen) atoms. The molecule has 201 valence electrons. The summed E-state index contributed by atoms with van der Waals surface area (Å²) in [6.45, 7) is 2.10. The average molecular weight is 708 g/mol. The van der Waals surface area contributed by atoms with Crippen LogP contribution < -0.4 is 0 Å². The van der Waals surface area contributed by atoms with E-state index in [-0.39, 0.29) is 20.1 Å². The van der Waals surface area contributed by atoms with Crippen molar-refractivity contribution in [2.75, 3.05) is 0 Å². The molecule has 1 radical (unpaired) electrons. The van der Waals surface area contributed by atoms with Crippen molar-refractivity contribution in [2.24, 2.45) is 0 Å². The number of rotatable bonds is 4. The molecule has 0 spiro atoms. The van der Waals surface area contributed by atoms with E-state index in [1.54, 1.807) is 18.6 Å². The zero-order valence-electron chi connectivity index (χ0n) is 22.3. The van der Waals surface area contributed by atoms with Crippen molar-refractivity contribution in [1.82, 2.24) is 15.0 Å². The number of hydrogen-bond donors (Lipinski definition) is 0. The van der Waals surface area contributed by atoms with E-state index < -0.39 is 0 Å². The van der Waals surface area contributed by atoms with Crippen molar-refractivity contribution in [3.8, 4) is 45.0 Å². The van der Waals surface area contributed by atoms with Crippen LogP contribution in [0.4, 0.5) is 0 Å². The molecule has 0 aliphatic rings. The Balaban J connectivity index is 0.000000218. The van der Waals surface area contributed by atoms with E-state index >= 15 is 0 Å². The van der Waals surface area contributed by atoms with Gasteiger partial charge in [-0.15, -0.1) is 65.7 Å². The maximum Gasteiger partial charge on any atom is 0.135 e. The third-order valence-electron chi connectivity index (χ3n) is 6.59. The van der Waals surface area contributed by atoms with Gasteiger partial charge in [0.2, 0.25) is 0 Å². The van der Waals surface area contributed by atoms with Gasteiger partial charge in [0, 0.05) is 61.4 Å². The Kier molecular flexibility index (Phi) is 8.90. The van der Waals surface area contributed by atoms with E-state index in [9.17, 15) is 0 Å². The number of benzene rings is 3. The summed E-state index contributed by atoms with van der Waals surface area (Å²) in [4.78, 5) is 12.9. The van der Waals surface area contributed by atoms with Crippen molar-refractivity contribution in [1.29, 1.82) is 0 Å². The summed E-state index contributed by atoms with van der Waals surface area (Å²) >= 11 is 0. The van der Waals surface area contributed by atoms with Crippen molar-refractivity contribution in [3.05, 3.63) is 152 Å². The molecule has 7 rings (SSSR count). The second-order valence-electron chi connectivity index (χ2n) is 9.21. The van der Waals surface area contributed by atoms with Crippen molar-refractivity contribution < 1.29 is 24.5 Å². The molecule has 0 aliphatic carbocycles. The van der Waals surface area contributed by atoms with Gasteiger partial charge < -0.3 is 14.4 Å². The molecule has 0 bridgehead atoms. The smallest absolute Gasteiger partial charge is 0.135 e. The summed E-state index contributed by atoms with van der Waals surface area (Å²) in [5.74, 6) is 0.879. The Morgan fingerprint density at radius 3 is 2.05 bits per heavy atom. The summed E-state index contributed by atoms with van der Waals surface area (Å²) in [6, 6.07) is 42.3. The molecule has 0 atom stereocenters. The van der Waals surface area contributed by atoms with Crippen LogP contribution in [0.15, 0.2) is 138 Å². The van der Waals surface area contributed by atoms with Crippen LogP contribution in [-0.4, -0.2) is 15.0 Å². The average Bonchev–Trinajstić information content (AvgIpc) is 3.38. The zero-order valence-corrected chi connectivity index (χ0v) is 24.7. The minimum absolute atomic E-state index is 0. The molecule has 0 saturated carbocycles. The van der Waals surface area contributed by atoms with E-state index in [1.807, 2.05) is 91.1 Å². The molecule has 5 heteroatoms. The summed E-state index contributed by atoms with van der Waals surface area (Å²) < 4.78 is 6.22. The maximum atomic E-state index is 6.22. The van der Waals surface area contributed by atoms with Crippen LogP contribution in [0.5, 0.6) is 0 Å². The fraction of sp³-hybridized carbons (Fsp3) is 0.0278. The van der Waals surface area contributed by atoms with Gasteiger partial charge in [-0.3, -0.25) is 4.98 Å². The second kappa shape index (κ2) is 13.1. The Morgan fingerprint density at radius 2 is 1.37 bits per heavy atom. The van der Waals surface area contributed by atoms with Gasteiger partial charge in [-0.25, -0.2) is 0 Å². The fourth-order valence-electron chi connectivity index (χ4n) is 4.56. The Hall–Kier alpha value is -4.70. The molecule has 0 aliphatic heterocycles. The molecule has 0 saturated heterocycles. The zero-order chi connectivity index (χ0) is 27.1. The van der Waals surface area contributed by atoms with Crippen molar-refractivity contribution >= 4 is 11.0 Å². The maximum absolute atomic E-state index is 6.22. The number of hydrogen-bond acceptors (Lipinski definition) is 4. The van der Waals surface area contributed by atoms with Crippen LogP contribution in [0.25, 0.3) is 55.9 Å². The number of pyridine rings is 3. The van der Waals surface area contributed by atoms with Gasteiger partial charge in [0.25, 0.3) is 0 Å². The summed E-state index contributed by atoms with van der Waals surface area (Å²) in [5.41, 5.74) is 9.12. The minimum Gasteiger partial charge on any atom is -0.457 e. The summed E-state index contributed by atoms with van der Waals surface area (Å²) in [5, 5.41) is 1.11. The van der Waals surface area contributed by atoms with Gasteiger partial charge in [-0.05, 0) is 54.2 Å². The molecular weight excluding hydrogens is 683 g/mol. The van der Waals surface area contributed by atoms with E-state index in [0.29, 0.717) is 0 Å². The predicted octanol–water partition coefficient (Wildman–Crippen LogP) is 8.88. The van der Waals surface area contributed by atoms with Crippen molar-refractivity contribution in [2.45, 2.75) is 6.92 Å². The minimum atomic E-state index is 0. The first kappa shape index (κ1) is 27.9. The van der Waals surface area contributed by atoms with Crippen LogP contribution in [0, 0.1) is 19.1 Å². The van der Waals surface area contributed by atoms with Gasteiger partial charge in [0.05, 0.1) is 0 Å². The quantitative estimate of drug-likeness (QED) is 0.172. The van der Waals surface area contributed by atoms with Crippen LogP contribution in [0.1, 0.15) is 5.56 Å². The molecule has 4 nitrogen and oxygen atoms in total. The number of aromatic nitrogens is 3. The predicted molar refractivity (Wildman–Crippen MR) is 160 cm³/mol. The topological polar surface area (TPSA) is 51.8 Å². The van der Waals surface area contributed by atoms with E-state index in [1.165, 1.54) is 0 Å². The van der Waals surface area contributed by atoms with Crippen LogP contribution in [0.2, 0.25) is 0 Å². The molecule has 0 unspecified atom stereocenters. The Labute approximate surface area is 253 Å². The number of fused-ring (bicyclic) bond motifs is 1. The van der Waals surface area contributed by atoms with E-state index in [2.05, 4.69) is 58.3 Å². The monoisotopic (exact) mass is 708 g/mol. The van der Waals surface area contributed by atoms with Crippen molar-refractivity contribution in [3.63, 3.8) is 0 Å². The van der Waals surface area contributed by atoms with Gasteiger partial charge in [0.15, 0.2) is 0 Å². The fourth-order valence-corrected chi connectivity index (χ4v) is 4.56. The molecule has 0 fully saturated rings. The number of aryl methyl sites for hydroxylation is 1. The molecule has 4 heterocycles. The number of furan rings is 1. The molecule has 0 N–H and O–H groups in total. The molecule has 4 aromatic heterocycles. The van der Waals surface area contributed by atoms with Crippen LogP contribution in [0.3, 0.4) is 0 Å². The van der Waals surface area contributed by atoms with Gasteiger partial charge in [-0.2, -0.15) is 0 Å². The Bertz CT molecular complexity index is 1800. The first-order chi connectivity index (χ1) is 19.8. The molecule has 3 aromatic carbocycles. The third kappa shape index (κ3) is 6.38. The SMILES string of the molecule is Cc1c(-c2cc[c-]c(-c3ccccn3)c2)oc2ccc(-c3cccnc3)cc12.[Ir].[c-]1ccccc1-c1ccccn1. The van der Waals surface area contributed by atoms with Gasteiger partial charge >= 0.3 is 0 Å². The third-order valence-corrected chi connectivity index (χ3v) is 6.59. The summed E-state index contributed by atoms with van der Waals surface area (Å²) in [6.07, 6.45) is 7.25. The summed E-state index contributed by atoms with van der Waals surface area (Å²) in [7, 11) is 0. The second-order valence-corrected chi connectivity index (χ2v) is 9.21. The van der Waals surface area contributed by atoms with Gasteiger partial charge in [0.1, 0.15) is 11.3 Å². The molecular formula is C36H25IrN3O-2. The van der Waals surface area contributed by atoms with E-state index in [4.69, 9.17) is 4.42 Å². The first-order valence-electron chi connectivity index (χ1n) is 13.0. The molecule has 0 amide bonds. The first-order valence-corrected chi connectivity index (χ1v) is 13.0. The van der Waals surface area contributed by atoms with Crippen LogP contribution >= 0.6 is 0 Å². The largest absolute Gasteiger partial charge is 0.457 e. The standard InChI is InChI=1S/C25H17N2O.C11H8N.Ir/c1-17-22-15-18(21-8-5-12-26-16-21)10-11-24(22)28-25(17)20-7-4-6-19(14-20)23-9-2-3-13-27-23;1-2-6-10(7-3-1)11-8-4-5-9-12-11;/h2-5,7-16H,1H3;1-6,8-9H;/q2*-1;. The normalized spacial score (nSPS) is 10.4. The van der Waals surface area contributed by atoms with E-state index in [0.717, 1.165) is 61.5 Å². The van der Waals surface area contributed by atoms with Gasteiger partial charge in [-0.1, -0.05) is 42.0 Å². The number of nitrogens with zero attached hydrogens (tertiary/aromatic N) is 3. The van der Waals surface area contributed by atoms with Crippen LogP contribution in [-0.2, 0) is 20.1 Å².